The van der Waals surface area contributed by atoms with Crippen LogP contribution < -0.4 is 4.74 Å². The van der Waals surface area contributed by atoms with Gasteiger partial charge < -0.3 is 9.15 Å². The number of nitrogens with zero attached hydrogens (tertiary/aromatic N) is 3. The predicted octanol–water partition coefficient (Wildman–Crippen LogP) is 5.13. The number of benzene rings is 1. The number of oxazole rings is 1. The van der Waals surface area contributed by atoms with Gasteiger partial charge in [-0.15, -0.1) is 0 Å². The third kappa shape index (κ3) is 5.76. The zero-order chi connectivity index (χ0) is 20.6. The monoisotopic (exact) mass is 405 g/mol. The van der Waals surface area contributed by atoms with E-state index in [2.05, 4.69) is 20.9 Å². The smallest absolute Gasteiger partial charge is 0.263 e. The van der Waals surface area contributed by atoms with E-state index in [1.54, 1.807) is 0 Å². The Kier molecular flexibility index (Phi) is 6.87. The molecule has 0 atom stereocenters. The Labute approximate surface area is 176 Å². The van der Waals surface area contributed by atoms with Crippen molar-refractivity contribution in [3.8, 4) is 11.6 Å². The molecule has 1 saturated heterocycles. The summed E-state index contributed by atoms with van der Waals surface area (Å²) < 4.78 is 10.8. The number of hydrogen-bond acceptors (Lipinski definition) is 6. The van der Waals surface area contributed by atoms with Gasteiger partial charge in [0, 0.05) is 25.2 Å². The number of carbonyl (C=O) groups excluding carboxylic acids is 1. The fourth-order valence-corrected chi connectivity index (χ4v) is 3.88. The number of rotatable bonds is 9. The molecule has 6 heteroatoms. The van der Waals surface area contributed by atoms with Gasteiger partial charge in [0.25, 0.3) is 5.89 Å². The maximum atomic E-state index is 11.9. The first-order valence-electron chi connectivity index (χ1n) is 10.6. The maximum Gasteiger partial charge on any atom is 0.263 e. The molecule has 0 radical (unpaired) electrons. The van der Waals surface area contributed by atoms with Crippen LogP contribution in [0, 0.1) is 5.92 Å². The summed E-state index contributed by atoms with van der Waals surface area (Å²) in [4.78, 5) is 22.8. The molecule has 3 aromatic rings. The fraction of sp³-hybridized carbons (Fsp3) is 0.375. The first-order valence-corrected chi connectivity index (χ1v) is 10.6. The molecule has 3 heterocycles. The Morgan fingerprint density at radius 1 is 1.10 bits per heavy atom. The van der Waals surface area contributed by atoms with Crippen LogP contribution in [0.5, 0.6) is 11.6 Å². The molecule has 1 aliphatic rings. The van der Waals surface area contributed by atoms with Crippen LogP contribution in [0.1, 0.15) is 48.4 Å². The minimum absolute atomic E-state index is 0.00428. The number of likely N-dealkylation sites (tertiary alicyclic amines) is 1. The summed E-state index contributed by atoms with van der Waals surface area (Å²) in [6.07, 6.45) is 9.73. The van der Waals surface area contributed by atoms with Gasteiger partial charge in [-0.05, 0) is 62.4 Å². The molecule has 0 unspecified atom stereocenters. The van der Waals surface area contributed by atoms with Gasteiger partial charge >= 0.3 is 0 Å². The van der Waals surface area contributed by atoms with Gasteiger partial charge in [-0.2, -0.15) is 0 Å². The lowest BCUT2D eigenvalue weighted by molar-refractivity contribution is 0.0940. The van der Waals surface area contributed by atoms with Crippen LogP contribution in [0.4, 0.5) is 0 Å². The SMILES string of the molecule is O=C(CCCC1CCN(Cc2ccc(Oc3ccccc3)nc2)CC1)c1ncco1. The molecule has 0 N–H and O–H groups in total. The van der Waals surface area contributed by atoms with Crippen molar-refractivity contribution in [2.75, 3.05) is 13.1 Å². The lowest BCUT2D eigenvalue weighted by Crippen LogP contribution is -2.33. The van der Waals surface area contributed by atoms with Crippen LogP contribution in [-0.4, -0.2) is 33.7 Å². The van der Waals surface area contributed by atoms with E-state index in [1.165, 1.54) is 30.9 Å². The topological polar surface area (TPSA) is 68.5 Å². The Balaban J connectivity index is 1.16. The lowest BCUT2D eigenvalue weighted by Gasteiger charge is -2.31. The number of para-hydroxylation sites is 1. The normalized spacial score (nSPS) is 15.2. The van der Waals surface area contributed by atoms with Gasteiger partial charge in [0.1, 0.15) is 12.0 Å². The second-order valence-electron chi connectivity index (χ2n) is 7.79. The van der Waals surface area contributed by atoms with E-state index in [9.17, 15) is 4.79 Å². The molecule has 0 saturated carbocycles. The van der Waals surface area contributed by atoms with E-state index < -0.39 is 0 Å². The van der Waals surface area contributed by atoms with E-state index >= 15 is 0 Å². The average molecular weight is 405 g/mol. The molecular formula is C24H27N3O3. The molecule has 30 heavy (non-hydrogen) atoms. The Bertz CT molecular complexity index is 903. The minimum atomic E-state index is 0.00428. The summed E-state index contributed by atoms with van der Waals surface area (Å²) in [5.41, 5.74) is 1.20. The Morgan fingerprint density at radius 3 is 2.63 bits per heavy atom. The summed E-state index contributed by atoms with van der Waals surface area (Å²) >= 11 is 0. The van der Waals surface area contributed by atoms with Crippen molar-refractivity contribution in [3.05, 3.63) is 72.6 Å². The zero-order valence-electron chi connectivity index (χ0n) is 17.1. The molecule has 4 rings (SSSR count). The molecule has 6 nitrogen and oxygen atoms in total. The molecular weight excluding hydrogens is 378 g/mol. The quantitative estimate of drug-likeness (QED) is 0.460. The number of ketones is 1. The summed E-state index contributed by atoms with van der Waals surface area (Å²) in [5, 5.41) is 0. The molecule has 0 aliphatic carbocycles. The number of piperidine rings is 1. The number of pyridine rings is 1. The minimum Gasteiger partial charge on any atom is -0.442 e. The molecule has 0 bridgehead atoms. The van der Waals surface area contributed by atoms with E-state index in [1.807, 2.05) is 42.6 Å². The molecule has 1 fully saturated rings. The van der Waals surface area contributed by atoms with E-state index in [-0.39, 0.29) is 11.7 Å². The highest BCUT2D eigenvalue weighted by Crippen LogP contribution is 2.25. The van der Waals surface area contributed by atoms with Gasteiger partial charge in [-0.1, -0.05) is 24.3 Å². The largest absolute Gasteiger partial charge is 0.442 e. The van der Waals surface area contributed by atoms with Gasteiger partial charge in [0.15, 0.2) is 0 Å². The number of hydrogen-bond donors (Lipinski definition) is 0. The van der Waals surface area contributed by atoms with Crippen molar-refractivity contribution in [3.63, 3.8) is 0 Å². The summed E-state index contributed by atoms with van der Waals surface area (Å²) in [5.74, 6) is 2.34. The van der Waals surface area contributed by atoms with Crippen molar-refractivity contribution < 1.29 is 13.9 Å². The highest BCUT2D eigenvalue weighted by atomic mass is 16.5. The Hall–Kier alpha value is -2.99. The summed E-state index contributed by atoms with van der Waals surface area (Å²) in [7, 11) is 0. The van der Waals surface area contributed by atoms with E-state index in [0.29, 0.717) is 18.2 Å². The van der Waals surface area contributed by atoms with E-state index in [0.717, 1.165) is 38.2 Å². The van der Waals surface area contributed by atoms with Crippen molar-refractivity contribution >= 4 is 5.78 Å². The number of carbonyl (C=O) groups is 1. The maximum absolute atomic E-state index is 11.9. The summed E-state index contributed by atoms with van der Waals surface area (Å²) in [6, 6.07) is 13.7. The standard InChI is InChI=1S/C24H27N3O3/c28-22(24-25-13-16-29-24)8-4-5-19-11-14-27(15-12-19)18-20-9-10-23(26-17-20)30-21-6-2-1-3-7-21/h1-3,6-7,9-10,13,16-17,19H,4-5,8,11-12,14-15,18H2. The van der Waals surface area contributed by atoms with Crippen LogP contribution >= 0.6 is 0 Å². The number of Topliss-reactive ketones (excluding diaryl/α,β-unsaturated/α-hetero) is 1. The van der Waals surface area contributed by atoms with Crippen LogP contribution in [0.2, 0.25) is 0 Å². The van der Waals surface area contributed by atoms with Crippen molar-refractivity contribution in [1.29, 1.82) is 0 Å². The molecule has 1 aromatic carbocycles. The fourth-order valence-electron chi connectivity index (χ4n) is 3.88. The van der Waals surface area contributed by atoms with Crippen LogP contribution in [0.25, 0.3) is 0 Å². The first kappa shape index (κ1) is 20.3. The van der Waals surface area contributed by atoms with Gasteiger partial charge in [0.05, 0.1) is 6.20 Å². The highest BCUT2D eigenvalue weighted by molar-refractivity contribution is 5.91. The van der Waals surface area contributed by atoms with Crippen LogP contribution in [-0.2, 0) is 6.54 Å². The third-order valence-electron chi connectivity index (χ3n) is 5.56. The van der Waals surface area contributed by atoms with Gasteiger partial charge in [0.2, 0.25) is 11.7 Å². The third-order valence-corrected chi connectivity index (χ3v) is 5.56. The lowest BCUT2D eigenvalue weighted by atomic mass is 9.91. The Morgan fingerprint density at radius 2 is 1.93 bits per heavy atom. The second kappa shape index (κ2) is 10.2. The van der Waals surface area contributed by atoms with Crippen molar-refractivity contribution in [2.45, 2.75) is 38.6 Å². The zero-order valence-corrected chi connectivity index (χ0v) is 17.1. The van der Waals surface area contributed by atoms with Crippen LogP contribution in [0.3, 0.4) is 0 Å². The number of aromatic nitrogens is 2. The van der Waals surface area contributed by atoms with Crippen molar-refractivity contribution in [1.82, 2.24) is 14.9 Å². The first-order chi connectivity index (χ1) is 14.8. The second-order valence-corrected chi connectivity index (χ2v) is 7.79. The van der Waals surface area contributed by atoms with Crippen LogP contribution in [0.15, 0.2) is 65.5 Å². The summed E-state index contributed by atoms with van der Waals surface area (Å²) in [6.45, 7) is 3.08. The van der Waals surface area contributed by atoms with Crippen molar-refractivity contribution in [2.24, 2.45) is 5.92 Å². The molecule has 0 spiro atoms. The molecule has 0 amide bonds. The van der Waals surface area contributed by atoms with Gasteiger partial charge in [-0.3, -0.25) is 9.69 Å². The molecule has 2 aromatic heterocycles. The van der Waals surface area contributed by atoms with E-state index in [4.69, 9.17) is 9.15 Å². The molecule has 1 aliphatic heterocycles. The van der Waals surface area contributed by atoms with Gasteiger partial charge in [-0.25, -0.2) is 9.97 Å². The predicted molar refractivity (Wildman–Crippen MR) is 113 cm³/mol. The number of ether oxygens (including phenoxy) is 1. The average Bonchev–Trinajstić information content (AvgIpc) is 3.32. The highest BCUT2D eigenvalue weighted by Gasteiger charge is 2.20. The molecule has 156 valence electrons.